The van der Waals surface area contributed by atoms with Gasteiger partial charge >= 0.3 is 5.97 Å². The Morgan fingerprint density at radius 2 is 1.74 bits per heavy atom. The van der Waals surface area contributed by atoms with Crippen LogP contribution in [0.15, 0.2) is 47.3 Å². The Labute approximate surface area is 155 Å². The second-order valence-electron chi connectivity index (χ2n) is 7.26. The van der Waals surface area contributed by atoms with E-state index in [0.29, 0.717) is 17.8 Å². The molecule has 2 aromatic rings. The molecule has 7 nitrogen and oxygen atoms in total. The molecule has 140 valence electrons. The average Bonchev–Trinajstić information content (AvgIpc) is 3.32. The van der Waals surface area contributed by atoms with Gasteiger partial charge in [-0.1, -0.05) is 30.4 Å². The fourth-order valence-corrected chi connectivity index (χ4v) is 4.44. The molecule has 2 N–H and O–H groups in total. The van der Waals surface area contributed by atoms with Gasteiger partial charge in [-0.05, 0) is 37.3 Å². The molecule has 0 unspecified atom stereocenters. The number of amides is 1. The summed E-state index contributed by atoms with van der Waals surface area (Å²) in [5.41, 5.74) is 1.17. The van der Waals surface area contributed by atoms with E-state index < -0.39 is 23.7 Å². The lowest BCUT2D eigenvalue weighted by atomic mass is 9.82. The van der Waals surface area contributed by atoms with Crippen LogP contribution in [-0.4, -0.2) is 26.3 Å². The highest BCUT2D eigenvalue weighted by Gasteiger charge is 2.51. The third-order valence-electron chi connectivity index (χ3n) is 5.85. The zero-order valence-electron chi connectivity index (χ0n) is 15.1. The molecule has 0 aliphatic heterocycles. The van der Waals surface area contributed by atoms with Crippen LogP contribution in [0, 0.1) is 30.6 Å². The van der Waals surface area contributed by atoms with Gasteiger partial charge in [-0.2, -0.15) is 0 Å². The van der Waals surface area contributed by atoms with E-state index in [1.807, 2.05) is 42.5 Å². The van der Waals surface area contributed by atoms with Crippen LogP contribution < -0.4 is 10.9 Å². The monoisotopic (exact) mass is 367 g/mol. The largest absolute Gasteiger partial charge is 0.481 e. The van der Waals surface area contributed by atoms with E-state index in [1.54, 1.807) is 18.7 Å². The second kappa shape index (κ2) is 6.26. The van der Waals surface area contributed by atoms with Gasteiger partial charge in [-0.3, -0.25) is 19.1 Å². The Kier molecular flexibility index (Phi) is 4.02. The molecule has 7 heteroatoms. The number of aromatic nitrogens is 2. The molecule has 0 radical (unpaired) electrons. The van der Waals surface area contributed by atoms with E-state index in [9.17, 15) is 19.5 Å². The smallest absolute Gasteiger partial charge is 0.307 e. The first-order chi connectivity index (χ1) is 12.9. The van der Waals surface area contributed by atoms with Gasteiger partial charge in [-0.15, -0.1) is 0 Å². The Morgan fingerprint density at radius 1 is 1.11 bits per heavy atom. The van der Waals surface area contributed by atoms with Crippen molar-refractivity contribution in [2.24, 2.45) is 30.7 Å². The molecular weight excluding hydrogens is 346 g/mol. The predicted octanol–water partition coefficient (Wildman–Crippen LogP) is 1.95. The van der Waals surface area contributed by atoms with Crippen molar-refractivity contribution in [1.82, 2.24) is 9.36 Å². The number of carboxylic acid groups (broad SMARTS) is 1. The van der Waals surface area contributed by atoms with Crippen molar-refractivity contribution in [3.63, 3.8) is 0 Å². The number of fused-ring (bicyclic) bond motifs is 2. The highest BCUT2D eigenvalue weighted by Crippen LogP contribution is 2.48. The first kappa shape index (κ1) is 17.3. The van der Waals surface area contributed by atoms with Crippen molar-refractivity contribution >= 4 is 17.6 Å². The third-order valence-corrected chi connectivity index (χ3v) is 5.85. The number of allylic oxidation sites excluding steroid dienone is 2. The summed E-state index contributed by atoms with van der Waals surface area (Å²) in [4.78, 5) is 37.5. The summed E-state index contributed by atoms with van der Waals surface area (Å²) in [5, 5.41) is 12.3. The van der Waals surface area contributed by atoms with Crippen molar-refractivity contribution < 1.29 is 14.7 Å². The first-order valence-electron chi connectivity index (χ1n) is 8.96. The number of carboxylic acids is 1. The minimum absolute atomic E-state index is 0.0866. The lowest BCUT2D eigenvalue weighted by molar-refractivity contribution is -0.146. The highest BCUT2D eigenvalue weighted by molar-refractivity contribution is 5.96. The summed E-state index contributed by atoms with van der Waals surface area (Å²) in [7, 11) is 1.75. The maximum absolute atomic E-state index is 12.9. The average molecular weight is 367 g/mol. The summed E-state index contributed by atoms with van der Waals surface area (Å²) in [6, 6.07) is 9.16. The van der Waals surface area contributed by atoms with E-state index in [2.05, 4.69) is 5.32 Å². The van der Waals surface area contributed by atoms with E-state index in [-0.39, 0.29) is 23.1 Å². The number of rotatable bonds is 4. The number of benzene rings is 1. The van der Waals surface area contributed by atoms with Crippen molar-refractivity contribution in [3.8, 4) is 5.69 Å². The van der Waals surface area contributed by atoms with Gasteiger partial charge in [-0.25, -0.2) is 4.68 Å². The highest BCUT2D eigenvalue weighted by atomic mass is 16.4. The number of carbonyl (C=O) groups excluding carboxylic acids is 1. The van der Waals surface area contributed by atoms with Crippen LogP contribution in [0.25, 0.3) is 5.69 Å². The maximum atomic E-state index is 12.9. The summed E-state index contributed by atoms with van der Waals surface area (Å²) < 4.78 is 3.17. The molecule has 1 aromatic carbocycles. The molecule has 1 fully saturated rings. The number of anilines is 1. The number of nitrogens with zero attached hydrogens (tertiary/aromatic N) is 2. The van der Waals surface area contributed by atoms with Crippen LogP contribution in [0.3, 0.4) is 0 Å². The van der Waals surface area contributed by atoms with Crippen molar-refractivity contribution in [2.45, 2.75) is 13.3 Å². The molecular formula is C20H21N3O4. The van der Waals surface area contributed by atoms with Crippen LogP contribution in [0.2, 0.25) is 0 Å². The maximum Gasteiger partial charge on any atom is 0.307 e. The van der Waals surface area contributed by atoms with Gasteiger partial charge in [0.15, 0.2) is 0 Å². The summed E-state index contributed by atoms with van der Waals surface area (Å²) in [6.07, 6.45) is 4.49. The van der Waals surface area contributed by atoms with Crippen LogP contribution in [0.1, 0.15) is 12.1 Å². The topological polar surface area (TPSA) is 93.3 Å². The number of aliphatic carboxylic acids is 1. The van der Waals surface area contributed by atoms with Gasteiger partial charge in [0.25, 0.3) is 5.56 Å². The molecule has 1 amide bonds. The molecule has 2 bridgehead atoms. The second-order valence-corrected chi connectivity index (χ2v) is 7.26. The van der Waals surface area contributed by atoms with Crippen LogP contribution >= 0.6 is 0 Å². The molecule has 2 aliphatic rings. The van der Waals surface area contributed by atoms with E-state index >= 15 is 0 Å². The fourth-order valence-electron chi connectivity index (χ4n) is 4.44. The van der Waals surface area contributed by atoms with Crippen LogP contribution in [0.4, 0.5) is 5.69 Å². The number of carbonyl (C=O) groups is 2. The number of hydrogen-bond donors (Lipinski definition) is 2. The van der Waals surface area contributed by atoms with Crippen LogP contribution in [-0.2, 0) is 16.6 Å². The fraction of sp³-hybridized carbons (Fsp3) is 0.350. The Hall–Kier alpha value is -3.09. The van der Waals surface area contributed by atoms with Gasteiger partial charge < -0.3 is 10.4 Å². The Morgan fingerprint density at radius 3 is 2.37 bits per heavy atom. The third kappa shape index (κ3) is 2.61. The summed E-state index contributed by atoms with van der Waals surface area (Å²) >= 11 is 0. The molecule has 4 rings (SSSR count). The molecule has 2 aliphatic carbocycles. The van der Waals surface area contributed by atoms with Gasteiger partial charge in [0.05, 0.1) is 23.2 Å². The lowest BCUT2D eigenvalue weighted by Gasteiger charge is -2.23. The Bertz CT molecular complexity index is 1000. The molecule has 1 aromatic heterocycles. The van der Waals surface area contributed by atoms with E-state index in [4.69, 9.17) is 0 Å². The molecule has 1 heterocycles. The van der Waals surface area contributed by atoms with Crippen molar-refractivity contribution in [1.29, 1.82) is 0 Å². The predicted molar refractivity (Wildman–Crippen MR) is 99.7 cm³/mol. The number of nitrogens with one attached hydrogen (secondary N) is 1. The van der Waals surface area contributed by atoms with Crippen molar-refractivity contribution in [3.05, 3.63) is 58.5 Å². The number of para-hydroxylation sites is 1. The first-order valence-corrected chi connectivity index (χ1v) is 8.96. The molecule has 0 saturated heterocycles. The summed E-state index contributed by atoms with van der Waals surface area (Å²) in [6.45, 7) is 1.76. The SMILES string of the molecule is Cc1c(NC(=O)[C@H]2[C@@H](C(=O)O)[C@@H]3C=C[C@H]2C3)c(=O)n(-c2ccccc2)n1C. The quantitative estimate of drug-likeness (QED) is 0.808. The molecule has 27 heavy (non-hydrogen) atoms. The van der Waals surface area contributed by atoms with E-state index in [0.717, 1.165) is 0 Å². The zero-order chi connectivity index (χ0) is 19.3. The number of hydrogen-bond acceptors (Lipinski definition) is 3. The van der Waals surface area contributed by atoms with Gasteiger partial charge in [0.1, 0.15) is 5.69 Å². The minimum atomic E-state index is -0.960. The van der Waals surface area contributed by atoms with E-state index in [1.165, 1.54) is 4.68 Å². The molecule has 4 atom stereocenters. The zero-order valence-corrected chi connectivity index (χ0v) is 15.1. The van der Waals surface area contributed by atoms with Crippen molar-refractivity contribution in [2.75, 3.05) is 5.32 Å². The normalized spacial score (nSPS) is 25.7. The molecule has 0 spiro atoms. The standard InChI is InChI=1S/C20H21N3O4/c1-11-17(19(25)23(22(11)2)14-6-4-3-5-7-14)21-18(24)15-12-8-9-13(10-12)16(15)20(26)27/h3-9,12-13,15-16H,10H2,1-2H3,(H,21,24)(H,26,27)/t12-,13+,15+,16-/m0/s1. The molecule has 1 saturated carbocycles. The Balaban J connectivity index is 1.68. The van der Waals surface area contributed by atoms with Crippen LogP contribution in [0.5, 0.6) is 0 Å². The van der Waals surface area contributed by atoms with Gasteiger partial charge in [0.2, 0.25) is 5.91 Å². The lowest BCUT2D eigenvalue weighted by Crippen LogP contribution is -2.37. The van der Waals surface area contributed by atoms with Gasteiger partial charge in [0, 0.05) is 7.05 Å². The minimum Gasteiger partial charge on any atom is -0.481 e. The summed E-state index contributed by atoms with van der Waals surface area (Å²) in [5.74, 6) is -2.94.